The molecule has 0 radical (unpaired) electrons. The minimum atomic E-state index is -0.717. The molecule has 1 heterocycles. The Balaban J connectivity index is 2.04. The second-order valence-corrected chi connectivity index (χ2v) is 6.71. The van der Waals surface area contributed by atoms with Gasteiger partial charge in [0.2, 0.25) is 0 Å². The molecule has 0 saturated carbocycles. The van der Waals surface area contributed by atoms with Crippen molar-refractivity contribution in [3.63, 3.8) is 0 Å². The number of carbonyl (C=O) groups excluding carboxylic acids is 3. The molecule has 1 atom stereocenters. The lowest BCUT2D eigenvalue weighted by molar-refractivity contribution is -0.141. The molecule has 0 unspecified atom stereocenters. The fourth-order valence-corrected chi connectivity index (χ4v) is 3.25. The van der Waals surface area contributed by atoms with Gasteiger partial charge in [-0.1, -0.05) is 6.92 Å². The maximum atomic E-state index is 13.6. The van der Waals surface area contributed by atoms with Gasteiger partial charge < -0.3 is 20.1 Å². The van der Waals surface area contributed by atoms with Crippen LogP contribution >= 0.6 is 11.8 Å². The van der Waals surface area contributed by atoms with Gasteiger partial charge in [-0.2, -0.15) is 0 Å². The van der Waals surface area contributed by atoms with Crippen molar-refractivity contribution in [2.24, 2.45) is 0 Å². The van der Waals surface area contributed by atoms with E-state index < -0.39 is 35.6 Å². The van der Waals surface area contributed by atoms with Crippen molar-refractivity contribution >= 4 is 29.7 Å². The number of nitrogens with one attached hydrogen (secondary N) is 2. The third kappa shape index (κ3) is 5.69. The molecule has 28 heavy (non-hydrogen) atoms. The zero-order valence-corrected chi connectivity index (χ0v) is 16.2. The second kappa shape index (κ2) is 10.1. The summed E-state index contributed by atoms with van der Waals surface area (Å²) in [6.45, 7) is 3.22. The largest absolute Gasteiger partial charge is 0.463 e. The molecule has 0 aromatic heterocycles. The van der Waals surface area contributed by atoms with Crippen LogP contribution in [-0.2, 0) is 19.1 Å². The number of benzene rings is 1. The van der Waals surface area contributed by atoms with Crippen molar-refractivity contribution in [2.75, 3.05) is 19.0 Å². The van der Waals surface area contributed by atoms with Crippen molar-refractivity contribution < 1.29 is 32.6 Å². The van der Waals surface area contributed by atoms with Crippen molar-refractivity contribution in [3.05, 3.63) is 41.1 Å². The van der Waals surface area contributed by atoms with Gasteiger partial charge in [0.15, 0.2) is 0 Å². The van der Waals surface area contributed by atoms with Crippen LogP contribution in [0.3, 0.4) is 0 Å². The maximum Gasteiger partial charge on any atom is 0.338 e. The third-order valence-electron chi connectivity index (χ3n) is 3.76. The van der Waals surface area contributed by atoms with E-state index in [0.29, 0.717) is 6.42 Å². The average molecular weight is 414 g/mol. The van der Waals surface area contributed by atoms with Crippen molar-refractivity contribution in [2.45, 2.75) is 31.2 Å². The Labute approximate surface area is 164 Å². The summed E-state index contributed by atoms with van der Waals surface area (Å²) in [7, 11) is 0. The lowest BCUT2D eigenvalue weighted by Crippen LogP contribution is -2.51. The Morgan fingerprint density at radius 3 is 2.64 bits per heavy atom. The smallest absolute Gasteiger partial charge is 0.338 e. The average Bonchev–Trinajstić information content (AvgIpc) is 2.66. The molecule has 1 aliphatic heterocycles. The van der Waals surface area contributed by atoms with Crippen LogP contribution in [0, 0.1) is 11.6 Å². The van der Waals surface area contributed by atoms with E-state index in [-0.39, 0.29) is 35.1 Å². The predicted octanol–water partition coefficient (Wildman–Crippen LogP) is 2.51. The molecule has 0 fully saturated rings. The fourth-order valence-electron chi connectivity index (χ4n) is 2.49. The Morgan fingerprint density at radius 1 is 1.21 bits per heavy atom. The number of ether oxygens (including phenoxy) is 2. The molecule has 10 heteroatoms. The molecule has 1 aliphatic rings. The number of hydrogen-bond acceptors (Lipinski definition) is 6. The van der Waals surface area contributed by atoms with Gasteiger partial charge in [0, 0.05) is 4.90 Å². The SMILES string of the molecule is CCOC(=O)C1=C(COC(=O)CSc2cc(F)ccc2F)NC(=O)N[C@@H]1CC. The van der Waals surface area contributed by atoms with Crippen LogP contribution in [0.1, 0.15) is 20.3 Å². The summed E-state index contributed by atoms with van der Waals surface area (Å²) in [5.74, 6) is -2.88. The van der Waals surface area contributed by atoms with Crippen molar-refractivity contribution in [1.29, 1.82) is 0 Å². The highest BCUT2D eigenvalue weighted by molar-refractivity contribution is 8.00. The number of urea groups is 1. The first kappa shape index (κ1) is 21.7. The number of thioether (sulfide) groups is 1. The zero-order chi connectivity index (χ0) is 20.7. The molecule has 2 rings (SSSR count). The van der Waals surface area contributed by atoms with Crippen LogP contribution in [0.4, 0.5) is 13.6 Å². The molecule has 1 aromatic rings. The van der Waals surface area contributed by atoms with E-state index in [0.717, 1.165) is 30.0 Å². The second-order valence-electron chi connectivity index (χ2n) is 5.70. The molecule has 7 nitrogen and oxygen atoms in total. The van der Waals surface area contributed by atoms with Crippen LogP contribution in [0.25, 0.3) is 0 Å². The first-order chi connectivity index (χ1) is 13.3. The molecule has 0 spiro atoms. The van der Waals surface area contributed by atoms with E-state index in [9.17, 15) is 23.2 Å². The van der Waals surface area contributed by atoms with Crippen LogP contribution in [-0.4, -0.2) is 43.0 Å². The fraction of sp³-hybridized carbons (Fsp3) is 0.389. The molecular formula is C18H20F2N2O5S. The third-order valence-corrected chi connectivity index (χ3v) is 4.77. The molecule has 2 amide bonds. The molecular weight excluding hydrogens is 394 g/mol. The van der Waals surface area contributed by atoms with E-state index in [4.69, 9.17) is 9.47 Å². The van der Waals surface area contributed by atoms with E-state index in [2.05, 4.69) is 10.6 Å². The predicted molar refractivity (Wildman–Crippen MR) is 97.4 cm³/mol. The Bertz CT molecular complexity index is 800. The van der Waals surface area contributed by atoms with Crippen LogP contribution in [0.15, 0.2) is 34.4 Å². The number of rotatable bonds is 8. The summed E-state index contributed by atoms with van der Waals surface area (Å²) < 4.78 is 36.8. The maximum absolute atomic E-state index is 13.6. The highest BCUT2D eigenvalue weighted by Crippen LogP contribution is 2.23. The van der Waals surface area contributed by atoms with Gasteiger partial charge >= 0.3 is 18.0 Å². The first-order valence-corrected chi connectivity index (χ1v) is 9.55. The van der Waals surface area contributed by atoms with Gasteiger partial charge in [-0.05, 0) is 31.5 Å². The summed E-state index contributed by atoms with van der Waals surface area (Å²) in [6, 6.07) is 1.83. The van der Waals surface area contributed by atoms with E-state index >= 15 is 0 Å². The standard InChI is InChI=1S/C18H20F2N2O5S/c1-3-12-16(17(24)26-4-2)13(22-18(25)21-12)8-27-15(23)9-28-14-7-10(19)5-6-11(14)20/h5-7,12H,3-4,8-9H2,1-2H3,(H2,21,22,25)/t12-/m1/s1. The van der Waals surface area contributed by atoms with Crippen LogP contribution in [0.2, 0.25) is 0 Å². The minimum Gasteiger partial charge on any atom is -0.463 e. The molecule has 0 saturated heterocycles. The summed E-state index contributed by atoms with van der Waals surface area (Å²) >= 11 is 0.780. The van der Waals surface area contributed by atoms with Gasteiger partial charge in [-0.15, -0.1) is 11.8 Å². The normalized spacial score (nSPS) is 16.3. The lowest BCUT2D eigenvalue weighted by Gasteiger charge is -2.28. The zero-order valence-electron chi connectivity index (χ0n) is 15.3. The van der Waals surface area contributed by atoms with Crippen LogP contribution < -0.4 is 10.6 Å². The molecule has 1 aromatic carbocycles. The number of amides is 2. The molecule has 152 valence electrons. The highest BCUT2D eigenvalue weighted by Gasteiger charge is 2.32. The summed E-state index contributed by atoms with van der Waals surface area (Å²) in [5, 5.41) is 5.05. The monoisotopic (exact) mass is 414 g/mol. The number of hydrogen-bond donors (Lipinski definition) is 2. The van der Waals surface area contributed by atoms with Crippen molar-refractivity contribution in [3.8, 4) is 0 Å². The molecule has 0 aliphatic carbocycles. The molecule has 2 N–H and O–H groups in total. The summed E-state index contributed by atoms with van der Waals surface area (Å²) in [6.07, 6.45) is 0.438. The van der Waals surface area contributed by atoms with Gasteiger partial charge in [0.1, 0.15) is 18.2 Å². The number of carbonyl (C=O) groups is 3. The number of esters is 2. The molecule has 0 bridgehead atoms. The minimum absolute atomic E-state index is 0.0235. The topological polar surface area (TPSA) is 93.7 Å². The Hall–Kier alpha value is -2.62. The van der Waals surface area contributed by atoms with Gasteiger partial charge in [0.05, 0.1) is 29.7 Å². The van der Waals surface area contributed by atoms with Crippen LogP contribution in [0.5, 0.6) is 0 Å². The van der Waals surface area contributed by atoms with Gasteiger partial charge in [0.25, 0.3) is 0 Å². The van der Waals surface area contributed by atoms with E-state index in [1.54, 1.807) is 13.8 Å². The highest BCUT2D eigenvalue weighted by atomic mass is 32.2. The quantitative estimate of drug-likeness (QED) is 0.502. The first-order valence-electron chi connectivity index (χ1n) is 8.56. The lowest BCUT2D eigenvalue weighted by atomic mass is 10.0. The summed E-state index contributed by atoms with van der Waals surface area (Å²) in [5.41, 5.74) is 0.310. The van der Waals surface area contributed by atoms with E-state index in [1.165, 1.54) is 0 Å². The van der Waals surface area contributed by atoms with Crippen molar-refractivity contribution in [1.82, 2.24) is 10.6 Å². The number of halogens is 2. The van der Waals surface area contributed by atoms with Gasteiger partial charge in [-0.3, -0.25) is 4.79 Å². The summed E-state index contributed by atoms with van der Waals surface area (Å²) in [4.78, 5) is 35.9. The van der Waals surface area contributed by atoms with Gasteiger partial charge in [-0.25, -0.2) is 18.4 Å². The Morgan fingerprint density at radius 2 is 1.96 bits per heavy atom. The Kier molecular flexibility index (Phi) is 7.80. The van der Waals surface area contributed by atoms with E-state index in [1.807, 2.05) is 0 Å².